The highest BCUT2D eigenvalue weighted by Gasteiger charge is 2.19. The van der Waals surface area contributed by atoms with E-state index in [0.29, 0.717) is 22.8 Å². The number of halogens is 1. The van der Waals surface area contributed by atoms with Crippen LogP contribution in [0.5, 0.6) is 5.75 Å². The van der Waals surface area contributed by atoms with Crippen LogP contribution in [0.15, 0.2) is 42.6 Å². The van der Waals surface area contributed by atoms with Crippen molar-refractivity contribution in [2.45, 2.75) is 6.92 Å². The molecule has 0 bridgehead atoms. The van der Waals surface area contributed by atoms with E-state index in [2.05, 4.69) is 10.3 Å². The number of nitrogens with one attached hydrogen (secondary N) is 1. The molecule has 6 heteroatoms. The van der Waals surface area contributed by atoms with Crippen LogP contribution in [0.4, 0.5) is 10.1 Å². The zero-order valence-electron chi connectivity index (χ0n) is 12.1. The van der Waals surface area contributed by atoms with E-state index in [1.807, 2.05) is 0 Å². The van der Waals surface area contributed by atoms with Gasteiger partial charge >= 0.3 is 0 Å². The van der Waals surface area contributed by atoms with E-state index in [4.69, 9.17) is 4.74 Å². The third-order valence-electron chi connectivity index (χ3n) is 3.35. The minimum atomic E-state index is -0.486. The minimum Gasteiger partial charge on any atom is -0.493 e. The number of aromatic nitrogens is 2. The van der Waals surface area contributed by atoms with E-state index in [0.717, 1.165) is 0 Å². The number of pyridine rings is 1. The predicted octanol–water partition coefficient (Wildman–Crippen LogP) is 3.04. The average Bonchev–Trinajstić information content (AvgIpc) is 2.85. The quantitative estimate of drug-likeness (QED) is 0.808. The molecule has 1 aromatic carbocycles. The first-order chi connectivity index (χ1) is 10.6. The molecule has 0 atom stereocenters. The van der Waals surface area contributed by atoms with Crippen LogP contribution >= 0.6 is 0 Å². The van der Waals surface area contributed by atoms with Crippen LogP contribution in [-0.4, -0.2) is 22.4 Å². The Morgan fingerprint density at radius 3 is 2.77 bits per heavy atom. The molecule has 2 aromatic heterocycles. The Labute approximate surface area is 126 Å². The van der Waals surface area contributed by atoms with Crippen molar-refractivity contribution in [3.05, 3.63) is 59.8 Å². The molecule has 22 heavy (non-hydrogen) atoms. The van der Waals surface area contributed by atoms with Gasteiger partial charge in [-0.3, -0.25) is 9.20 Å². The monoisotopic (exact) mass is 299 g/mol. The van der Waals surface area contributed by atoms with Crippen molar-refractivity contribution in [1.82, 2.24) is 9.38 Å². The van der Waals surface area contributed by atoms with Crippen molar-refractivity contribution < 1.29 is 13.9 Å². The van der Waals surface area contributed by atoms with Crippen LogP contribution in [0.2, 0.25) is 0 Å². The van der Waals surface area contributed by atoms with Gasteiger partial charge in [0.2, 0.25) is 0 Å². The Morgan fingerprint density at radius 1 is 1.27 bits per heavy atom. The number of imidazole rings is 1. The molecule has 0 aliphatic rings. The molecule has 3 aromatic rings. The second kappa shape index (κ2) is 5.48. The van der Waals surface area contributed by atoms with Crippen molar-refractivity contribution in [1.29, 1.82) is 0 Å². The van der Waals surface area contributed by atoms with Crippen molar-refractivity contribution >= 4 is 17.2 Å². The summed E-state index contributed by atoms with van der Waals surface area (Å²) in [6, 6.07) is 9.54. The predicted molar refractivity (Wildman–Crippen MR) is 80.8 cm³/mol. The lowest BCUT2D eigenvalue weighted by Crippen LogP contribution is -2.16. The maximum absolute atomic E-state index is 13.7. The maximum Gasteiger partial charge on any atom is 0.274 e. The number of carbonyl (C=O) groups excluding carboxylic acids is 1. The topological polar surface area (TPSA) is 55.6 Å². The summed E-state index contributed by atoms with van der Waals surface area (Å²) in [5, 5.41) is 2.57. The van der Waals surface area contributed by atoms with E-state index in [-0.39, 0.29) is 5.69 Å². The fraction of sp³-hybridized carbons (Fsp3) is 0.125. The highest BCUT2D eigenvalue weighted by molar-refractivity contribution is 6.04. The average molecular weight is 299 g/mol. The lowest BCUT2D eigenvalue weighted by molar-refractivity contribution is 0.102. The van der Waals surface area contributed by atoms with Crippen LogP contribution in [0.25, 0.3) is 5.65 Å². The van der Waals surface area contributed by atoms with E-state index < -0.39 is 11.7 Å². The number of anilines is 1. The SMILES string of the molecule is COc1cccn2c(C(=O)Nc3ccccc3F)c(C)nc12. The van der Waals surface area contributed by atoms with Gasteiger partial charge < -0.3 is 10.1 Å². The summed E-state index contributed by atoms with van der Waals surface area (Å²) in [7, 11) is 1.54. The van der Waals surface area contributed by atoms with Crippen LogP contribution in [0.3, 0.4) is 0 Å². The number of hydrogen-bond donors (Lipinski definition) is 1. The zero-order chi connectivity index (χ0) is 15.7. The van der Waals surface area contributed by atoms with E-state index >= 15 is 0 Å². The first-order valence-electron chi connectivity index (χ1n) is 6.69. The largest absolute Gasteiger partial charge is 0.493 e. The summed E-state index contributed by atoms with van der Waals surface area (Å²) < 4.78 is 20.5. The van der Waals surface area contributed by atoms with E-state index in [9.17, 15) is 9.18 Å². The van der Waals surface area contributed by atoms with Crippen LogP contribution in [0.1, 0.15) is 16.2 Å². The molecule has 1 N–H and O–H groups in total. The number of carbonyl (C=O) groups is 1. The van der Waals surface area contributed by atoms with Crippen LogP contribution < -0.4 is 10.1 Å². The summed E-state index contributed by atoms with van der Waals surface area (Å²) >= 11 is 0. The van der Waals surface area contributed by atoms with E-state index in [1.54, 1.807) is 48.9 Å². The molecular formula is C16H14FN3O2. The van der Waals surface area contributed by atoms with Gasteiger partial charge in [-0.2, -0.15) is 0 Å². The molecule has 0 saturated heterocycles. The molecule has 3 rings (SSSR count). The van der Waals surface area contributed by atoms with Crippen LogP contribution in [-0.2, 0) is 0 Å². The summed E-state index contributed by atoms with van der Waals surface area (Å²) in [5.41, 5.74) is 1.56. The van der Waals surface area contributed by atoms with E-state index in [1.165, 1.54) is 12.1 Å². The van der Waals surface area contributed by atoms with Gasteiger partial charge in [0.15, 0.2) is 11.4 Å². The summed E-state index contributed by atoms with van der Waals surface area (Å²) in [6.45, 7) is 1.72. The first kappa shape index (κ1) is 14.1. The summed E-state index contributed by atoms with van der Waals surface area (Å²) in [5.74, 6) is -0.348. The van der Waals surface area contributed by atoms with Crippen molar-refractivity contribution in [3.8, 4) is 5.75 Å². The Hall–Kier alpha value is -2.89. The lowest BCUT2D eigenvalue weighted by atomic mass is 10.2. The molecule has 5 nitrogen and oxygen atoms in total. The van der Waals surface area contributed by atoms with Crippen molar-refractivity contribution in [3.63, 3.8) is 0 Å². The number of ether oxygens (including phenoxy) is 1. The number of fused-ring (bicyclic) bond motifs is 1. The number of benzene rings is 1. The summed E-state index contributed by atoms with van der Waals surface area (Å²) in [4.78, 5) is 16.8. The minimum absolute atomic E-state index is 0.129. The van der Waals surface area contributed by atoms with Crippen molar-refractivity contribution in [2.24, 2.45) is 0 Å². The first-order valence-corrected chi connectivity index (χ1v) is 6.69. The summed E-state index contributed by atoms with van der Waals surface area (Å²) in [6.07, 6.45) is 1.72. The molecule has 112 valence electrons. The smallest absolute Gasteiger partial charge is 0.274 e. The lowest BCUT2D eigenvalue weighted by Gasteiger charge is -2.07. The highest BCUT2D eigenvalue weighted by Crippen LogP contribution is 2.22. The molecule has 1 amide bonds. The second-order valence-corrected chi connectivity index (χ2v) is 4.75. The maximum atomic E-state index is 13.7. The number of nitrogens with zero attached hydrogens (tertiary/aromatic N) is 2. The molecule has 0 unspecified atom stereocenters. The van der Waals surface area contributed by atoms with Gasteiger partial charge in [0.1, 0.15) is 11.5 Å². The molecule has 0 spiro atoms. The molecule has 0 aliphatic carbocycles. The number of amides is 1. The Morgan fingerprint density at radius 2 is 2.05 bits per heavy atom. The Bertz CT molecular complexity index is 858. The molecule has 2 heterocycles. The van der Waals surface area contributed by atoms with Crippen molar-refractivity contribution in [2.75, 3.05) is 12.4 Å². The zero-order valence-corrected chi connectivity index (χ0v) is 12.1. The standard InChI is InChI=1S/C16H14FN3O2/c1-10-14(16(21)19-12-7-4-3-6-11(12)17)20-9-5-8-13(22-2)15(20)18-10/h3-9H,1-2H3,(H,19,21). The third kappa shape index (κ3) is 2.28. The van der Waals surface area contributed by atoms with Gasteiger partial charge in [-0.05, 0) is 31.2 Å². The Kier molecular flexibility index (Phi) is 3.50. The number of aryl methyl sites for hydroxylation is 1. The van der Waals surface area contributed by atoms with Gasteiger partial charge in [0.25, 0.3) is 5.91 Å². The van der Waals surface area contributed by atoms with Gasteiger partial charge in [-0.25, -0.2) is 9.37 Å². The fourth-order valence-corrected chi connectivity index (χ4v) is 2.33. The molecule has 0 fully saturated rings. The normalized spacial score (nSPS) is 10.7. The Balaban J connectivity index is 2.05. The van der Waals surface area contributed by atoms with Gasteiger partial charge in [-0.1, -0.05) is 12.1 Å². The fourth-order valence-electron chi connectivity index (χ4n) is 2.33. The third-order valence-corrected chi connectivity index (χ3v) is 3.35. The van der Waals surface area contributed by atoms with Crippen LogP contribution in [0, 0.1) is 12.7 Å². The number of para-hydroxylation sites is 1. The number of rotatable bonds is 3. The molecule has 0 radical (unpaired) electrons. The van der Waals surface area contributed by atoms with Gasteiger partial charge in [-0.15, -0.1) is 0 Å². The highest BCUT2D eigenvalue weighted by atomic mass is 19.1. The number of methoxy groups -OCH3 is 1. The molecular weight excluding hydrogens is 285 g/mol. The second-order valence-electron chi connectivity index (χ2n) is 4.75. The number of hydrogen-bond acceptors (Lipinski definition) is 3. The molecule has 0 aliphatic heterocycles. The van der Waals surface area contributed by atoms with Gasteiger partial charge in [0, 0.05) is 6.20 Å². The molecule has 0 saturated carbocycles. The van der Waals surface area contributed by atoms with Gasteiger partial charge in [0.05, 0.1) is 18.5 Å².